The van der Waals surface area contributed by atoms with Crippen molar-refractivity contribution in [2.75, 3.05) is 23.7 Å². The summed E-state index contributed by atoms with van der Waals surface area (Å²) in [6.07, 6.45) is 2.15. The van der Waals surface area contributed by atoms with Crippen molar-refractivity contribution in [3.05, 3.63) is 63.1 Å². The molecule has 10 heteroatoms. The maximum atomic E-state index is 13.7. The van der Waals surface area contributed by atoms with Crippen LogP contribution in [0.3, 0.4) is 0 Å². The molecule has 0 bridgehead atoms. The maximum absolute atomic E-state index is 13.7. The van der Waals surface area contributed by atoms with E-state index in [0.717, 1.165) is 28.1 Å². The normalized spacial score (nSPS) is 12.2. The Kier molecular flexibility index (Phi) is 10.4. The van der Waals surface area contributed by atoms with Gasteiger partial charge in [0.15, 0.2) is 0 Å². The quantitative estimate of drug-likeness (QED) is 0.446. The summed E-state index contributed by atoms with van der Waals surface area (Å²) in [4.78, 5) is 28.1. The highest BCUT2D eigenvalue weighted by Gasteiger charge is 2.32. The first kappa shape index (κ1) is 28.9. The van der Waals surface area contributed by atoms with Gasteiger partial charge in [-0.15, -0.1) is 0 Å². The molecular weight excluding hydrogens is 509 g/mol. The molecule has 2 rings (SSSR count). The topological polar surface area (TPSA) is 86.8 Å². The fourth-order valence-corrected chi connectivity index (χ4v) is 5.33. The first-order valence-electron chi connectivity index (χ1n) is 11.5. The number of nitrogens with one attached hydrogen (secondary N) is 1. The van der Waals surface area contributed by atoms with Crippen molar-refractivity contribution in [2.24, 2.45) is 0 Å². The van der Waals surface area contributed by atoms with E-state index in [1.807, 2.05) is 13.0 Å². The summed E-state index contributed by atoms with van der Waals surface area (Å²) < 4.78 is 26.7. The molecule has 2 aromatic rings. The summed E-state index contributed by atoms with van der Waals surface area (Å²) in [5.74, 6) is -0.812. The minimum absolute atomic E-state index is 0.0250. The van der Waals surface area contributed by atoms with Crippen LogP contribution >= 0.6 is 23.2 Å². The van der Waals surface area contributed by atoms with Gasteiger partial charge in [-0.1, -0.05) is 61.3 Å². The Morgan fingerprint density at radius 3 is 2.20 bits per heavy atom. The Labute approximate surface area is 218 Å². The molecule has 0 aromatic heterocycles. The fraction of sp³-hybridized carbons (Fsp3) is 0.440. The minimum Gasteiger partial charge on any atom is -0.354 e. The molecular formula is C25H33Cl2N3O4S. The zero-order chi connectivity index (χ0) is 26.3. The van der Waals surface area contributed by atoms with Gasteiger partial charge in [-0.05, 0) is 55.5 Å². The Bertz CT molecular complexity index is 1150. The molecule has 0 saturated carbocycles. The van der Waals surface area contributed by atoms with E-state index >= 15 is 0 Å². The van der Waals surface area contributed by atoms with Crippen LogP contribution in [0, 0.1) is 13.8 Å². The fourth-order valence-electron chi connectivity index (χ4n) is 3.89. The van der Waals surface area contributed by atoms with Gasteiger partial charge in [0, 0.05) is 23.1 Å². The molecule has 35 heavy (non-hydrogen) atoms. The van der Waals surface area contributed by atoms with Crippen LogP contribution in [0.25, 0.3) is 0 Å². The van der Waals surface area contributed by atoms with Crippen LogP contribution in [0.5, 0.6) is 0 Å². The van der Waals surface area contributed by atoms with Gasteiger partial charge in [0.25, 0.3) is 0 Å². The van der Waals surface area contributed by atoms with Crippen LogP contribution in [0.15, 0.2) is 36.4 Å². The predicted molar refractivity (Wildman–Crippen MR) is 142 cm³/mol. The molecule has 0 saturated heterocycles. The Morgan fingerprint density at radius 2 is 1.69 bits per heavy atom. The zero-order valence-corrected chi connectivity index (χ0v) is 23.1. The van der Waals surface area contributed by atoms with E-state index in [-0.39, 0.29) is 12.5 Å². The number of hydrogen-bond donors (Lipinski definition) is 1. The van der Waals surface area contributed by atoms with Crippen molar-refractivity contribution in [3.63, 3.8) is 0 Å². The molecule has 0 unspecified atom stereocenters. The van der Waals surface area contributed by atoms with Gasteiger partial charge in [0.1, 0.15) is 12.6 Å². The van der Waals surface area contributed by atoms with E-state index in [2.05, 4.69) is 5.32 Å². The first-order valence-corrected chi connectivity index (χ1v) is 14.1. The number of hydrogen-bond acceptors (Lipinski definition) is 4. The molecule has 0 aliphatic heterocycles. The minimum atomic E-state index is -3.80. The number of sulfonamides is 1. The Hall–Kier alpha value is -2.29. The third kappa shape index (κ3) is 7.59. The third-order valence-corrected chi connectivity index (χ3v) is 7.36. The smallest absolute Gasteiger partial charge is 0.244 e. The molecule has 0 spiro atoms. The van der Waals surface area contributed by atoms with E-state index in [1.54, 1.807) is 51.1 Å². The molecule has 0 fully saturated rings. The lowest BCUT2D eigenvalue weighted by atomic mass is 10.1. The number of rotatable bonds is 11. The molecule has 2 amide bonds. The largest absolute Gasteiger partial charge is 0.354 e. The Morgan fingerprint density at radius 1 is 1.06 bits per heavy atom. The van der Waals surface area contributed by atoms with Gasteiger partial charge in [0.05, 0.1) is 11.9 Å². The van der Waals surface area contributed by atoms with E-state index < -0.39 is 28.5 Å². The van der Waals surface area contributed by atoms with Crippen molar-refractivity contribution in [3.8, 4) is 0 Å². The number of amides is 2. The molecule has 0 aliphatic carbocycles. The van der Waals surface area contributed by atoms with Gasteiger partial charge in [-0.2, -0.15) is 0 Å². The lowest BCUT2D eigenvalue weighted by molar-refractivity contribution is -0.140. The number of para-hydroxylation sites is 1. The third-order valence-electron chi connectivity index (χ3n) is 5.66. The molecule has 0 radical (unpaired) electrons. The summed E-state index contributed by atoms with van der Waals surface area (Å²) in [5, 5.41) is 3.65. The van der Waals surface area contributed by atoms with Gasteiger partial charge < -0.3 is 10.2 Å². The number of aryl methyl sites for hydroxylation is 2. The Balaban J connectivity index is 2.52. The summed E-state index contributed by atoms with van der Waals surface area (Å²) >= 11 is 12.4. The van der Waals surface area contributed by atoms with Crippen LogP contribution in [0.4, 0.5) is 5.69 Å². The van der Waals surface area contributed by atoms with E-state index in [0.29, 0.717) is 34.3 Å². The predicted octanol–water partition coefficient (Wildman–Crippen LogP) is 4.71. The summed E-state index contributed by atoms with van der Waals surface area (Å²) in [7, 11) is -3.80. The van der Waals surface area contributed by atoms with Crippen LogP contribution in [-0.4, -0.2) is 50.5 Å². The molecule has 1 N–H and O–H groups in total. The maximum Gasteiger partial charge on any atom is 0.244 e. The number of carbonyl (C=O) groups excluding carboxylic acids is 2. The van der Waals surface area contributed by atoms with Crippen molar-refractivity contribution >= 4 is 50.7 Å². The van der Waals surface area contributed by atoms with Crippen LogP contribution < -0.4 is 9.62 Å². The number of benzene rings is 2. The van der Waals surface area contributed by atoms with Gasteiger partial charge in [0.2, 0.25) is 21.8 Å². The molecule has 2 aromatic carbocycles. The van der Waals surface area contributed by atoms with Crippen molar-refractivity contribution in [1.29, 1.82) is 0 Å². The standard InChI is InChI=1S/C25H33Cl2N3O4S/c1-6-13-28-25(32)22(7-2)29(15-19-11-12-20(26)14-21(19)27)23(31)16-30(35(5,33)34)24-17(3)9-8-10-18(24)4/h8-12,14,22H,6-7,13,15-16H2,1-5H3,(H,28,32)/t22-/m0/s1. The van der Waals surface area contributed by atoms with Crippen molar-refractivity contribution < 1.29 is 18.0 Å². The summed E-state index contributed by atoms with van der Waals surface area (Å²) in [6.45, 7) is 7.37. The molecule has 0 aliphatic rings. The zero-order valence-electron chi connectivity index (χ0n) is 20.8. The number of carbonyl (C=O) groups is 2. The van der Waals surface area contributed by atoms with Crippen molar-refractivity contribution in [1.82, 2.24) is 10.2 Å². The van der Waals surface area contributed by atoms with Gasteiger partial charge >= 0.3 is 0 Å². The van der Waals surface area contributed by atoms with E-state index in [9.17, 15) is 18.0 Å². The number of nitrogens with zero attached hydrogens (tertiary/aromatic N) is 2. The van der Waals surface area contributed by atoms with E-state index in [1.165, 1.54) is 4.90 Å². The number of anilines is 1. The second-order valence-electron chi connectivity index (χ2n) is 8.48. The molecule has 1 atom stereocenters. The highest BCUT2D eigenvalue weighted by molar-refractivity contribution is 7.92. The highest BCUT2D eigenvalue weighted by Crippen LogP contribution is 2.28. The average molecular weight is 543 g/mol. The molecule has 7 nitrogen and oxygen atoms in total. The highest BCUT2D eigenvalue weighted by atomic mass is 35.5. The lowest BCUT2D eigenvalue weighted by Crippen LogP contribution is -2.52. The SMILES string of the molecule is CCCNC(=O)[C@H](CC)N(Cc1ccc(Cl)cc1Cl)C(=O)CN(c1c(C)cccc1C)S(C)(=O)=O. The summed E-state index contributed by atoms with van der Waals surface area (Å²) in [6, 6.07) is 9.53. The monoisotopic (exact) mass is 541 g/mol. The van der Waals surface area contributed by atoms with E-state index in [4.69, 9.17) is 23.2 Å². The van der Waals surface area contributed by atoms with Gasteiger partial charge in [-0.25, -0.2) is 8.42 Å². The van der Waals surface area contributed by atoms with Crippen LogP contribution in [0.2, 0.25) is 10.0 Å². The summed E-state index contributed by atoms with van der Waals surface area (Å²) in [5.41, 5.74) is 2.51. The van der Waals surface area contributed by atoms with Gasteiger partial charge in [-0.3, -0.25) is 13.9 Å². The second kappa shape index (κ2) is 12.6. The van der Waals surface area contributed by atoms with Crippen LogP contribution in [-0.2, 0) is 26.2 Å². The molecule has 192 valence electrons. The lowest BCUT2D eigenvalue weighted by Gasteiger charge is -2.33. The molecule has 0 heterocycles. The second-order valence-corrected chi connectivity index (χ2v) is 11.2. The van der Waals surface area contributed by atoms with Crippen molar-refractivity contribution in [2.45, 2.75) is 53.1 Å². The number of halogens is 2. The first-order chi connectivity index (χ1) is 16.4. The van der Waals surface area contributed by atoms with Crippen LogP contribution in [0.1, 0.15) is 43.4 Å². The average Bonchev–Trinajstić information content (AvgIpc) is 2.77.